The molecule has 158 valence electrons. The van der Waals surface area contributed by atoms with Gasteiger partial charge in [-0.05, 0) is 49.6 Å². The first-order chi connectivity index (χ1) is 14.9. The van der Waals surface area contributed by atoms with Gasteiger partial charge >= 0.3 is 0 Å². The van der Waals surface area contributed by atoms with E-state index in [1.54, 1.807) is 0 Å². The smallest absolute Gasteiger partial charge is 0.239 e. The average molecular weight is 468 g/mol. The highest BCUT2D eigenvalue weighted by Crippen LogP contribution is 2.31. The second-order valence-electron chi connectivity index (χ2n) is 7.30. The predicted molar refractivity (Wildman–Crippen MR) is 132 cm³/mol. The van der Waals surface area contributed by atoms with Crippen molar-refractivity contribution in [2.45, 2.75) is 37.5 Å². The van der Waals surface area contributed by atoms with Gasteiger partial charge in [0.1, 0.15) is 0 Å². The molecule has 0 bridgehead atoms. The molecule has 2 aromatic heterocycles. The van der Waals surface area contributed by atoms with Gasteiger partial charge in [-0.25, -0.2) is 9.97 Å². The maximum atomic E-state index is 12.9. The summed E-state index contributed by atoms with van der Waals surface area (Å²) >= 11 is 8.87. The first-order valence-electron chi connectivity index (χ1n) is 10.0. The van der Waals surface area contributed by atoms with Gasteiger partial charge in [0.05, 0.1) is 21.5 Å². The van der Waals surface area contributed by atoms with Crippen molar-refractivity contribution >= 4 is 56.6 Å². The number of pyridine rings is 1. The molecule has 1 N–H and O–H groups in total. The number of para-hydroxylation sites is 1. The van der Waals surface area contributed by atoms with Crippen LogP contribution in [-0.4, -0.2) is 21.1 Å². The van der Waals surface area contributed by atoms with Gasteiger partial charge in [0.25, 0.3) is 0 Å². The van der Waals surface area contributed by atoms with E-state index >= 15 is 0 Å². The number of anilines is 1. The van der Waals surface area contributed by atoms with E-state index in [9.17, 15) is 4.79 Å². The SMILES string of the molecule is CCC(Sc1cc(C)c2cccc(C)c2n1)C(=O)Nc1nc(-c2ccc(Cl)cc2)cs1. The molecule has 2 aromatic carbocycles. The lowest BCUT2D eigenvalue weighted by molar-refractivity contribution is -0.115. The van der Waals surface area contributed by atoms with Gasteiger partial charge in [-0.3, -0.25) is 4.79 Å². The van der Waals surface area contributed by atoms with Crippen LogP contribution >= 0.6 is 34.7 Å². The van der Waals surface area contributed by atoms with Gasteiger partial charge in [-0.15, -0.1) is 11.3 Å². The maximum absolute atomic E-state index is 12.9. The molecule has 4 nitrogen and oxygen atoms in total. The van der Waals surface area contributed by atoms with E-state index in [0.717, 1.165) is 32.7 Å². The Bertz CT molecular complexity index is 1240. The van der Waals surface area contributed by atoms with Crippen molar-refractivity contribution in [3.8, 4) is 11.3 Å². The fraction of sp³-hybridized carbons (Fsp3) is 0.208. The van der Waals surface area contributed by atoms with Crippen LogP contribution in [0.25, 0.3) is 22.2 Å². The maximum Gasteiger partial charge on any atom is 0.239 e. The molecule has 0 saturated heterocycles. The Morgan fingerprint density at radius 2 is 1.90 bits per heavy atom. The average Bonchev–Trinajstić information content (AvgIpc) is 3.21. The normalized spacial score (nSPS) is 12.1. The summed E-state index contributed by atoms with van der Waals surface area (Å²) in [6.07, 6.45) is 0.693. The van der Waals surface area contributed by atoms with Crippen molar-refractivity contribution in [2.75, 3.05) is 5.32 Å². The molecule has 0 radical (unpaired) electrons. The van der Waals surface area contributed by atoms with Gasteiger partial charge in [0.2, 0.25) is 5.91 Å². The van der Waals surface area contributed by atoms with Gasteiger partial charge in [-0.2, -0.15) is 0 Å². The standard InChI is InChI=1S/C24H22ClN3OS2/c1-4-20(31-21-12-15(3)18-7-5-6-14(2)22(18)27-21)23(29)28-24-26-19(13-30-24)16-8-10-17(25)11-9-16/h5-13,20H,4H2,1-3H3,(H,26,28,29). The second kappa shape index (κ2) is 9.39. The fourth-order valence-corrected chi connectivity index (χ4v) is 5.19. The molecular formula is C24H22ClN3OS2. The third kappa shape index (κ3) is 4.92. The summed E-state index contributed by atoms with van der Waals surface area (Å²) in [5.41, 5.74) is 5.08. The highest BCUT2D eigenvalue weighted by atomic mass is 35.5. The third-order valence-corrected chi connectivity index (χ3v) is 7.32. The summed E-state index contributed by atoms with van der Waals surface area (Å²) < 4.78 is 0. The van der Waals surface area contributed by atoms with Crippen LogP contribution in [0.4, 0.5) is 5.13 Å². The highest BCUT2D eigenvalue weighted by molar-refractivity contribution is 8.00. The third-order valence-electron chi connectivity index (χ3n) is 5.03. The molecule has 0 aliphatic carbocycles. The second-order valence-corrected chi connectivity index (χ2v) is 9.81. The first kappa shape index (κ1) is 21.8. The summed E-state index contributed by atoms with van der Waals surface area (Å²) in [6.45, 7) is 6.16. The van der Waals surface area contributed by atoms with Crippen LogP contribution in [0.3, 0.4) is 0 Å². The zero-order valence-electron chi connectivity index (χ0n) is 17.5. The van der Waals surface area contributed by atoms with Gasteiger partial charge in [0, 0.05) is 21.4 Å². The van der Waals surface area contributed by atoms with Crippen molar-refractivity contribution in [1.29, 1.82) is 0 Å². The van der Waals surface area contributed by atoms with Crippen molar-refractivity contribution < 1.29 is 4.79 Å². The summed E-state index contributed by atoms with van der Waals surface area (Å²) in [5, 5.41) is 7.94. The Balaban J connectivity index is 1.50. The fourth-order valence-electron chi connectivity index (χ4n) is 3.33. The quantitative estimate of drug-likeness (QED) is 0.306. The number of amides is 1. The van der Waals surface area contributed by atoms with Gasteiger partial charge in [0.15, 0.2) is 5.13 Å². The molecule has 4 aromatic rings. The number of fused-ring (bicyclic) bond motifs is 1. The number of aryl methyl sites for hydroxylation is 2. The summed E-state index contributed by atoms with van der Waals surface area (Å²) in [6, 6.07) is 15.8. The lowest BCUT2D eigenvalue weighted by atomic mass is 10.1. The zero-order valence-corrected chi connectivity index (χ0v) is 19.9. The van der Waals surface area contributed by atoms with E-state index in [4.69, 9.17) is 16.6 Å². The number of thiazole rings is 1. The molecule has 1 unspecified atom stereocenters. The van der Waals surface area contributed by atoms with Crippen LogP contribution in [0, 0.1) is 13.8 Å². The van der Waals surface area contributed by atoms with Gasteiger partial charge < -0.3 is 5.32 Å². The van der Waals surface area contributed by atoms with E-state index in [1.165, 1.54) is 28.7 Å². The predicted octanol–water partition coefficient (Wildman–Crippen LogP) is 7.14. The highest BCUT2D eigenvalue weighted by Gasteiger charge is 2.21. The van der Waals surface area contributed by atoms with Crippen molar-refractivity contribution in [2.24, 2.45) is 0 Å². The summed E-state index contributed by atoms with van der Waals surface area (Å²) in [4.78, 5) is 22.3. The minimum Gasteiger partial charge on any atom is -0.301 e. The molecule has 1 amide bonds. The molecule has 4 rings (SSSR count). The Hall–Kier alpha value is -2.41. The van der Waals surface area contributed by atoms with Crippen LogP contribution in [0.5, 0.6) is 0 Å². The Morgan fingerprint density at radius 1 is 1.13 bits per heavy atom. The van der Waals surface area contributed by atoms with Crippen LogP contribution in [-0.2, 0) is 4.79 Å². The number of thioether (sulfide) groups is 1. The molecule has 0 aliphatic heterocycles. The Morgan fingerprint density at radius 3 is 2.65 bits per heavy atom. The number of hydrogen-bond acceptors (Lipinski definition) is 5. The topological polar surface area (TPSA) is 54.9 Å². The van der Waals surface area contributed by atoms with E-state index in [1.807, 2.05) is 42.6 Å². The number of carbonyl (C=O) groups excluding carboxylic acids is 1. The van der Waals surface area contributed by atoms with Crippen LogP contribution < -0.4 is 5.32 Å². The van der Waals surface area contributed by atoms with E-state index in [0.29, 0.717) is 16.6 Å². The number of nitrogens with zero attached hydrogens (tertiary/aromatic N) is 2. The molecule has 0 fully saturated rings. The lowest BCUT2D eigenvalue weighted by Gasteiger charge is -2.14. The molecule has 7 heteroatoms. The van der Waals surface area contributed by atoms with Crippen LogP contribution in [0.15, 0.2) is 58.9 Å². The number of rotatable bonds is 6. The number of nitrogens with one attached hydrogen (secondary N) is 1. The summed E-state index contributed by atoms with van der Waals surface area (Å²) in [7, 11) is 0. The monoisotopic (exact) mass is 467 g/mol. The minimum absolute atomic E-state index is 0.0613. The number of hydrogen-bond donors (Lipinski definition) is 1. The number of benzene rings is 2. The molecule has 0 spiro atoms. The molecule has 31 heavy (non-hydrogen) atoms. The molecular weight excluding hydrogens is 446 g/mol. The van der Waals surface area contributed by atoms with Crippen molar-refractivity contribution in [1.82, 2.24) is 9.97 Å². The Labute approximate surface area is 195 Å². The molecule has 0 saturated carbocycles. The first-order valence-corrected chi connectivity index (χ1v) is 12.1. The van der Waals surface area contributed by atoms with Gasteiger partial charge in [-0.1, -0.05) is 60.6 Å². The van der Waals surface area contributed by atoms with E-state index in [-0.39, 0.29) is 11.2 Å². The number of carbonyl (C=O) groups is 1. The minimum atomic E-state index is -0.253. The molecule has 1 atom stereocenters. The lowest BCUT2D eigenvalue weighted by Crippen LogP contribution is -2.24. The van der Waals surface area contributed by atoms with Crippen molar-refractivity contribution in [3.05, 3.63) is 70.1 Å². The molecule has 0 aliphatic rings. The number of halogens is 1. The van der Waals surface area contributed by atoms with E-state index < -0.39 is 0 Å². The number of aromatic nitrogens is 2. The van der Waals surface area contributed by atoms with E-state index in [2.05, 4.69) is 42.3 Å². The largest absolute Gasteiger partial charge is 0.301 e. The van der Waals surface area contributed by atoms with Crippen molar-refractivity contribution in [3.63, 3.8) is 0 Å². The van der Waals surface area contributed by atoms with Crippen LogP contribution in [0.2, 0.25) is 5.02 Å². The molecule has 2 heterocycles. The summed E-state index contributed by atoms with van der Waals surface area (Å²) in [5.74, 6) is -0.0613. The Kier molecular flexibility index (Phi) is 6.60. The van der Waals surface area contributed by atoms with Crippen LogP contribution in [0.1, 0.15) is 24.5 Å². The zero-order chi connectivity index (χ0) is 22.0.